The molecular formula is C21H28O3. The summed E-state index contributed by atoms with van der Waals surface area (Å²) in [7, 11) is 0. The van der Waals surface area contributed by atoms with Gasteiger partial charge in [-0.05, 0) is 67.8 Å². The van der Waals surface area contributed by atoms with E-state index in [9.17, 15) is 14.4 Å². The first-order valence-electron chi connectivity index (χ1n) is 9.54. The van der Waals surface area contributed by atoms with Gasteiger partial charge in [0.1, 0.15) is 11.6 Å². The molecule has 4 aliphatic carbocycles. The first-order chi connectivity index (χ1) is 11.3. The third-order valence-electron chi connectivity index (χ3n) is 8.14. The third-order valence-corrected chi connectivity index (χ3v) is 8.14. The summed E-state index contributed by atoms with van der Waals surface area (Å²) in [6, 6.07) is 0. The van der Waals surface area contributed by atoms with Crippen molar-refractivity contribution in [1.29, 1.82) is 0 Å². The Morgan fingerprint density at radius 1 is 1.12 bits per heavy atom. The predicted octanol–water partition coefficient (Wildman–Crippen LogP) is 3.90. The molecule has 4 aliphatic rings. The summed E-state index contributed by atoms with van der Waals surface area (Å²) in [5.41, 5.74) is 0.966. The second-order valence-corrected chi connectivity index (χ2v) is 9.23. The van der Waals surface area contributed by atoms with Gasteiger partial charge in [0.2, 0.25) is 0 Å². The predicted molar refractivity (Wildman–Crippen MR) is 91.3 cm³/mol. The number of rotatable bonds is 1. The van der Waals surface area contributed by atoms with Crippen LogP contribution in [-0.4, -0.2) is 17.3 Å². The topological polar surface area (TPSA) is 51.2 Å². The summed E-state index contributed by atoms with van der Waals surface area (Å²) in [6.45, 7) is 6.12. The van der Waals surface area contributed by atoms with Crippen LogP contribution < -0.4 is 0 Å². The fourth-order valence-corrected chi connectivity index (χ4v) is 7.05. The molecule has 0 amide bonds. The zero-order valence-electron chi connectivity index (χ0n) is 15.1. The molecule has 0 bridgehead atoms. The molecule has 130 valence electrons. The third kappa shape index (κ3) is 1.99. The van der Waals surface area contributed by atoms with E-state index < -0.39 is 0 Å². The van der Waals surface area contributed by atoms with Crippen LogP contribution in [0.2, 0.25) is 0 Å². The number of hydrogen-bond acceptors (Lipinski definition) is 3. The molecule has 4 rings (SSSR count). The van der Waals surface area contributed by atoms with Crippen molar-refractivity contribution in [2.45, 2.75) is 65.7 Å². The lowest BCUT2D eigenvalue weighted by Crippen LogP contribution is -2.55. The highest BCUT2D eigenvalue weighted by molar-refractivity contribution is 5.93. The largest absolute Gasteiger partial charge is 0.300 e. The first-order valence-corrected chi connectivity index (χ1v) is 9.54. The van der Waals surface area contributed by atoms with Crippen molar-refractivity contribution in [3.8, 4) is 0 Å². The van der Waals surface area contributed by atoms with Crippen molar-refractivity contribution in [3.63, 3.8) is 0 Å². The van der Waals surface area contributed by atoms with Gasteiger partial charge in [-0.2, -0.15) is 0 Å². The van der Waals surface area contributed by atoms with Gasteiger partial charge in [0, 0.05) is 24.7 Å². The summed E-state index contributed by atoms with van der Waals surface area (Å²) in [5.74, 6) is 1.86. The van der Waals surface area contributed by atoms with Crippen LogP contribution in [0.5, 0.6) is 0 Å². The number of allylic oxidation sites excluding steroid dienone is 1. The molecule has 0 radical (unpaired) electrons. The van der Waals surface area contributed by atoms with Crippen LogP contribution >= 0.6 is 0 Å². The summed E-state index contributed by atoms with van der Waals surface area (Å²) < 4.78 is 0. The second kappa shape index (κ2) is 5.12. The number of ketones is 3. The summed E-state index contributed by atoms with van der Waals surface area (Å²) in [4.78, 5) is 37.3. The fraction of sp³-hybridized carbons (Fsp3) is 0.762. The fourth-order valence-electron chi connectivity index (χ4n) is 7.05. The first kappa shape index (κ1) is 16.2. The average molecular weight is 328 g/mol. The van der Waals surface area contributed by atoms with Gasteiger partial charge in [-0.3, -0.25) is 14.4 Å². The molecule has 0 aromatic rings. The van der Waals surface area contributed by atoms with Crippen molar-refractivity contribution in [3.05, 3.63) is 11.6 Å². The SMILES string of the molecule is CC(=O)[C@H]1CC[C@@H]2[C@@H]3CCC4=CC(=O)CC[C@]4(C)[C@H]3C(=O)C[C@]12C. The van der Waals surface area contributed by atoms with Crippen molar-refractivity contribution in [2.24, 2.45) is 34.5 Å². The van der Waals surface area contributed by atoms with E-state index >= 15 is 0 Å². The smallest absolute Gasteiger partial charge is 0.155 e. The minimum atomic E-state index is -0.133. The number of hydrogen-bond donors (Lipinski definition) is 0. The van der Waals surface area contributed by atoms with E-state index in [-0.39, 0.29) is 34.2 Å². The van der Waals surface area contributed by atoms with E-state index in [2.05, 4.69) is 13.8 Å². The van der Waals surface area contributed by atoms with E-state index in [1.807, 2.05) is 6.08 Å². The lowest BCUT2D eigenvalue weighted by atomic mass is 9.46. The molecule has 0 saturated heterocycles. The Kier molecular flexibility index (Phi) is 3.47. The minimum absolute atomic E-state index is 0.0603. The Hall–Kier alpha value is -1.25. The van der Waals surface area contributed by atoms with Gasteiger partial charge in [0.25, 0.3) is 0 Å². The molecule has 3 fully saturated rings. The molecule has 6 atom stereocenters. The summed E-state index contributed by atoms with van der Waals surface area (Å²) in [6.07, 6.45) is 7.80. The lowest BCUT2D eigenvalue weighted by Gasteiger charge is -2.56. The Morgan fingerprint density at radius 3 is 2.58 bits per heavy atom. The zero-order chi connectivity index (χ0) is 17.3. The van der Waals surface area contributed by atoms with E-state index in [0.29, 0.717) is 30.5 Å². The monoisotopic (exact) mass is 328 g/mol. The van der Waals surface area contributed by atoms with Crippen LogP contribution in [0.15, 0.2) is 11.6 Å². The van der Waals surface area contributed by atoms with E-state index in [4.69, 9.17) is 0 Å². The quantitative estimate of drug-likeness (QED) is 0.733. The Bertz CT molecular complexity index is 660. The summed E-state index contributed by atoms with van der Waals surface area (Å²) in [5, 5.41) is 0. The molecule has 0 aliphatic heterocycles. The maximum absolute atomic E-state index is 13.3. The normalized spacial score (nSPS) is 47.5. The van der Waals surface area contributed by atoms with Crippen LogP contribution in [0.25, 0.3) is 0 Å². The van der Waals surface area contributed by atoms with Gasteiger partial charge < -0.3 is 0 Å². The van der Waals surface area contributed by atoms with Gasteiger partial charge in [-0.1, -0.05) is 19.4 Å². The highest BCUT2D eigenvalue weighted by Gasteiger charge is 2.62. The molecule has 3 nitrogen and oxygen atoms in total. The maximum atomic E-state index is 13.3. The summed E-state index contributed by atoms with van der Waals surface area (Å²) >= 11 is 0. The second-order valence-electron chi connectivity index (χ2n) is 9.23. The number of Topliss-reactive ketones (excluding diaryl/α,β-unsaturated/α-hetero) is 2. The lowest BCUT2D eigenvalue weighted by molar-refractivity contribution is -0.148. The van der Waals surface area contributed by atoms with Gasteiger partial charge in [-0.25, -0.2) is 0 Å². The van der Waals surface area contributed by atoms with Crippen molar-refractivity contribution in [2.75, 3.05) is 0 Å². The van der Waals surface area contributed by atoms with Gasteiger partial charge in [-0.15, -0.1) is 0 Å². The van der Waals surface area contributed by atoms with Crippen LogP contribution in [-0.2, 0) is 14.4 Å². The molecule has 0 heterocycles. The van der Waals surface area contributed by atoms with Crippen LogP contribution in [0.1, 0.15) is 65.7 Å². The molecule has 0 unspecified atom stereocenters. The molecule has 0 spiro atoms. The van der Waals surface area contributed by atoms with Gasteiger partial charge in [0.05, 0.1) is 0 Å². The van der Waals surface area contributed by atoms with Crippen LogP contribution in [0, 0.1) is 34.5 Å². The van der Waals surface area contributed by atoms with E-state index in [1.165, 1.54) is 5.57 Å². The number of carbonyl (C=O) groups is 3. The maximum Gasteiger partial charge on any atom is 0.155 e. The van der Waals surface area contributed by atoms with E-state index in [0.717, 1.165) is 32.1 Å². The highest BCUT2D eigenvalue weighted by atomic mass is 16.1. The zero-order valence-corrected chi connectivity index (χ0v) is 15.1. The minimum Gasteiger partial charge on any atom is -0.300 e. The Morgan fingerprint density at radius 2 is 1.88 bits per heavy atom. The standard InChI is InChI=1S/C21H28O3/c1-12(22)16-6-7-17-15-5-4-13-10-14(23)8-9-20(13,2)19(15)18(24)11-21(16,17)3/h10,15-17,19H,4-9,11H2,1-3H3/t15-,16+,17+,19+,20-,21+/m0/s1. The molecule has 0 aromatic carbocycles. The van der Waals surface area contributed by atoms with Crippen molar-refractivity contribution in [1.82, 2.24) is 0 Å². The highest BCUT2D eigenvalue weighted by Crippen LogP contribution is 2.65. The molecule has 0 N–H and O–H groups in total. The molecule has 24 heavy (non-hydrogen) atoms. The van der Waals surface area contributed by atoms with Crippen molar-refractivity contribution < 1.29 is 14.4 Å². The van der Waals surface area contributed by atoms with Gasteiger partial charge in [0.15, 0.2) is 5.78 Å². The Labute approximate surface area is 144 Å². The van der Waals surface area contributed by atoms with Crippen LogP contribution in [0.4, 0.5) is 0 Å². The van der Waals surface area contributed by atoms with Crippen LogP contribution in [0.3, 0.4) is 0 Å². The molecule has 3 saturated carbocycles. The van der Waals surface area contributed by atoms with Gasteiger partial charge >= 0.3 is 0 Å². The Balaban J connectivity index is 1.74. The number of fused-ring (bicyclic) bond motifs is 5. The van der Waals surface area contributed by atoms with E-state index in [1.54, 1.807) is 6.92 Å². The number of carbonyl (C=O) groups excluding carboxylic acids is 3. The van der Waals surface area contributed by atoms with Crippen molar-refractivity contribution >= 4 is 17.3 Å². The molecule has 3 heteroatoms. The molecule has 0 aromatic heterocycles. The molecular weight excluding hydrogens is 300 g/mol. The average Bonchev–Trinajstić information content (AvgIpc) is 2.84.